The van der Waals surface area contributed by atoms with Crippen molar-refractivity contribution < 1.29 is 18.7 Å². The van der Waals surface area contributed by atoms with E-state index < -0.39 is 19.6 Å². The first-order valence-corrected chi connectivity index (χ1v) is 22.8. The van der Waals surface area contributed by atoms with Crippen LogP contribution in [0, 0.1) is 0 Å². The van der Waals surface area contributed by atoms with Crippen molar-refractivity contribution in [3.8, 4) is 11.3 Å². The zero-order valence-corrected chi connectivity index (χ0v) is 35.7. The highest BCUT2D eigenvalue weighted by Crippen LogP contribution is 2.47. The quantitative estimate of drug-likeness (QED) is 0.201. The molecule has 2 aliphatic heterocycles. The number of hydrogen-bond acceptors (Lipinski definition) is 7. The minimum absolute atomic E-state index is 0.0886. The molecule has 2 unspecified atom stereocenters. The second kappa shape index (κ2) is 15.7. The smallest absolute Gasteiger partial charge is 0.412 e. The number of nitrogens with zero attached hydrogens (tertiary/aromatic N) is 4. The monoisotopic (exact) mass is 735 g/mol. The topological polar surface area (TPSA) is 67.4 Å². The number of carbonyl (C=O) groups excluding carboxylic acids is 1. The van der Waals surface area contributed by atoms with Crippen LogP contribution in [-0.4, -0.2) is 92.0 Å². The average molecular weight is 735 g/mol. The first-order chi connectivity index (χ1) is 24.3. The van der Waals surface area contributed by atoms with Gasteiger partial charge in [0.25, 0.3) is 0 Å². The van der Waals surface area contributed by atoms with E-state index in [2.05, 4.69) is 94.7 Å². The van der Waals surface area contributed by atoms with Crippen molar-refractivity contribution in [2.45, 2.75) is 161 Å². The van der Waals surface area contributed by atoms with Gasteiger partial charge >= 0.3 is 6.09 Å². The van der Waals surface area contributed by atoms with Crippen molar-refractivity contribution in [1.29, 1.82) is 0 Å². The summed E-state index contributed by atoms with van der Waals surface area (Å²) in [6, 6.07) is 16.6. The molecule has 290 valence electrons. The Morgan fingerprint density at radius 3 is 2.17 bits per heavy atom. The lowest BCUT2D eigenvalue weighted by Gasteiger charge is -2.42. The third-order valence-corrected chi connectivity index (χ3v) is 17.1. The standard InChI is InChI=1S/C43H70N4O4Si/c1-13-52(14-2,15-3)51-37(36-31-49-43(11,12)47(36)39(48)50-40(4,5)6)19-17-25-45-26-28-46(29-27-45)38-20-16-18-35(44-38)32-21-22-33-34(30-32)42(9,10)24-23-41(33,7)8/h16,18,20-22,30,36-37H,13-15,17,19,23-29,31H2,1-12H3. The van der Waals surface area contributed by atoms with E-state index in [0.717, 1.165) is 75.2 Å². The fourth-order valence-corrected chi connectivity index (χ4v) is 11.6. The summed E-state index contributed by atoms with van der Waals surface area (Å²) in [7, 11) is -1.95. The highest BCUT2D eigenvalue weighted by Gasteiger charge is 2.50. The second-order valence-electron chi connectivity index (χ2n) is 18.5. The number of piperazine rings is 1. The molecule has 0 bridgehead atoms. The number of rotatable bonds is 12. The Balaban J connectivity index is 1.23. The maximum Gasteiger partial charge on any atom is 0.412 e. The van der Waals surface area contributed by atoms with E-state index in [1.165, 1.54) is 29.5 Å². The van der Waals surface area contributed by atoms with Crippen LogP contribution in [0.25, 0.3) is 11.3 Å². The highest BCUT2D eigenvalue weighted by molar-refractivity contribution is 6.73. The van der Waals surface area contributed by atoms with Crippen molar-refractivity contribution >= 4 is 20.2 Å². The van der Waals surface area contributed by atoms with E-state index in [4.69, 9.17) is 18.9 Å². The van der Waals surface area contributed by atoms with Crippen LogP contribution in [-0.2, 0) is 24.7 Å². The Labute approximate surface area is 317 Å². The molecular formula is C43H70N4O4Si. The van der Waals surface area contributed by atoms with Crippen molar-refractivity contribution in [3.05, 3.63) is 47.5 Å². The zero-order valence-electron chi connectivity index (χ0n) is 34.7. The van der Waals surface area contributed by atoms with Gasteiger partial charge in [-0.3, -0.25) is 9.80 Å². The van der Waals surface area contributed by atoms with Crippen molar-refractivity contribution in [3.63, 3.8) is 0 Å². The third kappa shape index (κ3) is 9.07. The lowest BCUT2D eigenvalue weighted by atomic mass is 9.63. The predicted molar refractivity (Wildman–Crippen MR) is 217 cm³/mol. The molecule has 5 rings (SSSR count). The zero-order chi connectivity index (χ0) is 38.1. The van der Waals surface area contributed by atoms with Gasteiger partial charge in [-0.15, -0.1) is 0 Å². The van der Waals surface area contributed by atoms with Crippen molar-refractivity contribution in [1.82, 2.24) is 14.8 Å². The molecule has 1 aromatic carbocycles. The lowest BCUT2D eigenvalue weighted by Crippen LogP contribution is -2.56. The molecule has 52 heavy (non-hydrogen) atoms. The summed E-state index contributed by atoms with van der Waals surface area (Å²) in [5.41, 5.74) is 4.28. The molecule has 2 aromatic rings. The minimum atomic E-state index is -1.95. The number of pyridine rings is 1. The van der Waals surface area contributed by atoms with Gasteiger partial charge in [0.1, 0.15) is 17.1 Å². The van der Waals surface area contributed by atoms with Gasteiger partial charge in [0.15, 0.2) is 8.32 Å². The summed E-state index contributed by atoms with van der Waals surface area (Å²) in [6.07, 6.45) is 3.91. The first kappa shape index (κ1) is 40.7. The van der Waals surface area contributed by atoms with Crippen LogP contribution >= 0.6 is 0 Å². The Morgan fingerprint density at radius 1 is 0.923 bits per heavy atom. The largest absolute Gasteiger partial charge is 0.444 e. The van der Waals surface area contributed by atoms with Gasteiger partial charge in [-0.1, -0.05) is 66.7 Å². The molecule has 9 heteroatoms. The molecule has 8 nitrogen and oxygen atoms in total. The van der Waals surface area contributed by atoms with Gasteiger partial charge in [0.05, 0.1) is 24.4 Å². The van der Waals surface area contributed by atoms with Gasteiger partial charge in [0, 0.05) is 31.7 Å². The van der Waals surface area contributed by atoms with E-state index in [9.17, 15) is 4.79 Å². The predicted octanol–water partition coefficient (Wildman–Crippen LogP) is 9.76. The van der Waals surface area contributed by atoms with Crippen LogP contribution in [0.1, 0.15) is 120 Å². The molecule has 1 amide bonds. The molecule has 2 saturated heterocycles. The summed E-state index contributed by atoms with van der Waals surface area (Å²) in [4.78, 5) is 25.7. The molecule has 3 heterocycles. The Morgan fingerprint density at radius 2 is 1.56 bits per heavy atom. The Hall–Kier alpha value is -2.46. The van der Waals surface area contributed by atoms with Crippen LogP contribution in [0.15, 0.2) is 36.4 Å². The number of hydrogen-bond donors (Lipinski definition) is 0. The molecule has 0 saturated carbocycles. The molecule has 2 atom stereocenters. The number of aromatic nitrogens is 1. The van der Waals surface area contributed by atoms with Crippen molar-refractivity contribution in [2.24, 2.45) is 0 Å². The van der Waals surface area contributed by atoms with Crippen LogP contribution in [0.4, 0.5) is 10.6 Å². The number of anilines is 1. The Bertz CT molecular complexity index is 1510. The number of carbonyl (C=O) groups is 1. The van der Waals surface area contributed by atoms with Gasteiger partial charge in [-0.05, 0) is 125 Å². The molecule has 0 N–H and O–H groups in total. The molecule has 1 aromatic heterocycles. The van der Waals surface area contributed by atoms with E-state index >= 15 is 0 Å². The van der Waals surface area contributed by atoms with Crippen molar-refractivity contribution in [2.75, 3.05) is 44.2 Å². The number of benzene rings is 1. The molecule has 0 radical (unpaired) electrons. The van der Waals surface area contributed by atoms with E-state index in [1.54, 1.807) is 0 Å². The summed E-state index contributed by atoms with van der Waals surface area (Å²) in [5, 5.41) is 0. The van der Waals surface area contributed by atoms with Crippen LogP contribution in [0.3, 0.4) is 0 Å². The number of ether oxygens (including phenoxy) is 2. The molecular weight excluding hydrogens is 665 g/mol. The van der Waals surface area contributed by atoms with E-state index in [0.29, 0.717) is 6.61 Å². The second-order valence-corrected chi connectivity index (χ2v) is 23.2. The van der Waals surface area contributed by atoms with Gasteiger partial charge in [0.2, 0.25) is 0 Å². The van der Waals surface area contributed by atoms with E-state index in [1.807, 2.05) is 39.5 Å². The summed E-state index contributed by atoms with van der Waals surface area (Å²) >= 11 is 0. The average Bonchev–Trinajstić information content (AvgIpc) is 3.43. The third-order valence-electron chi connectivity index (χ3n) is 12.4. The normalized spacial score (nSPS) is 22.3. The fraction of sp³-hybridized carbons (Fsp3) is 0.721. The van der Waals surface area contributed by atoms with Gasteiger partial charge < -0.3 is 18.8 Å². The summed E-state index contributed by atoms with van der Waals surface area (Å²) in [6.45, 7) is 31.4. The van der Waals surface area contributed by atoms with Crippen LogP contribution < -0.4 is 4.90 Å². The summed E-state index contributed by atoms with van der Waals surface area (Å²) in [5.74, 6) is 1.06. The maximum absolute atomic E-state index is 13.6. The molecule has 0 spiro atoms. The SMILES string of the molecule is CC[Si](CC)(CC)OC(CCCN1CCN(c2cccc(-c3ccc4c(c3)C(C)(C)CCC4(C)C)n2)CC1)C1COC(C)(C)N1C(=O)OC(C)(C)C. The first-order valence-electron chi connectivity index (χ1n) is 20.3. The summed E-state index contributed by atoms with van der Waals surface area (Å²) < 4.78 is 19.4. The minimum Gasteiger partial charge on any atom is -0.444 e. The van der Waals surface area contributed by atoms with Crippen LogP contribution in [0.5, 0.6) is 0 Å². The molecule has 2 fully saturated rings. The number of amides is 1. The fourth-order valence-electron chi connectivity index (χ4n) is 8.65. The maximum atomic E-state index is 13.6. The van der Waals surface area contributed by atoms with Gasteiger partial charge in [-0.25, -0.2) is 9.78 Å². The highest BCUT2D eigenvalue weighted by atomic mass is 28.4. The van der Waals surface area contributed by atoms with Gasteiger partial charge in [-0.2, -0.15) is 0 Å². The lowest BCUT2D eigenvalue weighted by molar-refractivity contribution is -0.0675. The molecule has 3 aliphatic rings. The van der Waals surface area contributed by atoms with E-state index in [-0.39, 0.29) is 29.1 Å². The Kier molecular flexibility index (Phi) is 12.3. The number of fused-ring (bicyclic) bond motifs is 1. The molecule has 1 aliphatic carbocycles. The van der Waals surface area contributed by atoms with Crippen LogP contribution in [0.2, 0.25) is 18.1 Å².